The van der Waals surface area contributed by atoms with Crippen molar-refractivity contribution >= 4 is 11.3 Å². The molecule has 0 unspecified atom stereocenters. The number of aromatic nitrogens is 2. The summed E-state index contributed by atoms with van der Waals surface area (Å²) in [4.78, 5) is 2.86. The second-order valence-electron chi connectivity index (χ2n) is 4.24. The standard InChI is InChI=1S/C13H19N3S/c1-4-12-5-6-13(17-12)8-14-7-11-9-16(3)15-10(11)2/h5-6,9,14H,4,7-8H2,1-3H3. The third-order valence-electron chi connectivity index (χ3n) is 2.80. The zero-order chi connectivity index (χ0) is 12.3. The van der Waals surface area contributed by atoms with E-state index in [1.165, 1.54) is 15.3 Å². The van der Waals surface area contributed by atoms with E-state index in [9.17, 15) is 0 Å². The van der Waals surface area contributed by atoms with Crippen LogP contribution < -0.4 is 5.32 Å². The number of nitrogens with zero attached hydrogens (tertiary/aromatic N) is 2. The summed E-state index contributed by atoms with van der Waals surface area (Å²) in [7, 11) is 1.96. The van der Waals surface area contributed by atoms with Gasteiger partial charge in [-0.05, 0) is 25.5 Å². The molecule has 1 N–H and O–H groups in total. The minimum Gasteiger partial charge on any atom is -0.308 e. The first-order valence-electron chi connectivity index (χ1n) is 5.96. The van der Waals surface area contributed by atoms with Gasteiger partial charge in [-0.15, -0.1) is 11.3 Å². The van der Waals surface area contributed by atoms with Crippen LogP contribution in [-0.4, -0.2) is 9.78 Å². The van der Waals surface area contributed by atoms with Crippen molar-refractivity contribution in [2.24, 2.45) is 7.05 Å². The van der Waals surface area contributed by atoms with E-state index in [0.717, 1.165) is 25.2 Å². The van der Waals surface area contributed by atoms with Crippen molar-refractivity contribution in [2.45, 2.75) is 33.4 Å². The van der Waals surface area contributed by atoms with Gasteiger partial charge in [0.25, 0.3) is 0 Å². The molecule has 0 fully saturated rings. The highest BCUT2D eigenvalue weighted by Gasteiger charge is 2.03. The fourth-order valence-corrected chi connectivity index (χ4v) is 2.78. The molecule has 2 aromatic rings. The first-order valence-corrected chi connectivity index (χ1v) is 6.78. The van der Waals surface area contributed by atoms with Crippen molar-refractivity contribution in [3.8, 4) is 0 Å². The summed E-state index contributed by atoms with van der Waals surface area (Å²) < 4.78 is 1.87. The quantitative estimate of drug-likeness (QED) is 0.883. The summed E-state index contributed by atoms with van der Waals surface area (Å²) in [6, 6.07) is 4.43. The van der Waals surface area contributed by atoms with Gasteiger partial charge in [-0.1, -0.05) is 6.92 Å². The summed E-state index contributed by atoms with van der Waals surface area (Å²) >= 11 is 1.89. The molecule has 0 bridgehead atoms. The first-order chi connectivity index (χ1) is 8.19. The van der Waals surface area contributed by atoms with Crippen LogP contribution in [0.2, 0.25) is 0 Å². The van der Waals surface area contributed by atoms with Gasteiger partial charge in [0, 0.05) is 41.7 Å². The minimum absolute atomic E-state index is 0.888. The van der Waals surface area contributed by atoms with Crippen LogP contribution in [0.15, 0.2) is 18.3 Å². The maximum atomic E-state index is 4.33. The molecule has 2 heterocycles. The van der Waals surface area contributed by atoms with E-state index in [0.29, 0.717) is 0 Å². The van der Waals surface area contributed by atoms with Crippen LogP contribution in [0.5, 0.6) is 0 Å². The molecule has 0 aliphatic rings. The molecule has 0 aromatic carbocycles. The Morgan fingerprint density at radius 3 is 2.65 bits per heavy atom. The highest BCUT2D eigenvalue weighted by Crippen LogP contribution is 2.16. The molecule has 4 heteroatoms. The van der Waals surface area contributed by atoms with E-state index in [1.54, 1.807) is 0 Å². The van der Waals surface area contributed by atoms with E-state index < -0.39 is 0 Å². The molecule has 0 amide bonds. The molecule has 0 aliphatic carbocycles. The highest BCUT2D eigenvalue weighted by atomic mass is 32.1. The molecule has 92 valence electrons. The number of aryl methyl sites for hydroxylation is 3. The summed E-state index contributed by atoms with van der Waals surface area (Å²) in [5.41, 5.74) is 2.39. The van der Waals surface area contributed by atoms with Crippen molar-refractivity contribution in [1.29, 1.82) is 0 Å². The van der Waals surface area contributed by atoms with Crippen LogP contribution >= 0.6 is 11.3 Å². The highest BCUT2D eigenvalue weighted by molar-refractivity contribution is 7.11. The Bertz CT molecular complexity index is 485. The zero-order valence-electron chi connectivity index (χ0n) is 10.7. The SMILES string of the molecule is CCc1ccc(CNCc2cn(C)nc2C)s1. The maximum absolute atomic E-state index is 4.33. The monoisotopic (exact) mass is 249 g/mol. The Kier molecular flexibility index (Phi) is 3.97. The Balaban J connectivity index is 1.85. The van der Waals surface area contributed by atoms with Crippen LogP contribution in [0.25, 0.3) is 0 Å². The normalized spacial score (nSPS) is 11.0. The number of nitrogens with one attached hydrogen (secondary N) is 1. The minimum atomic E-state index is 0.888. The molecule has 2 aromatic heterocycles. The molecule has 2 rings (SSSR count). The number of rotatable bonds is 5. The molecule has 0 aliphatic heterocycles. The first kappa shape index (κ1) is 12.3. The van der Waals surface area contributed by atoms with Gasteiger partial charge < -0.3 is 5.32 Å². The van der Waals surface area contributed by atoms with E-state index >= 15 is 0 Å². The lowest BCUT2D eigenvalue weighted by molar-refractivity contribution is 0.697. The number of hydrogen-bond donors (Lipinski definition) is 1. The van der Waals surface area contributed by atoms with Crippen LogP contribution in [0.1, 0.15) is 27.9 Å². The average molecular weight is 249 g/mol. The second-order valence-corrected chi connectivity index (χ2v) is 5.49. The van der Waals surface area contributed by atoms with E-state index in [4.69, 9.17) is 0 Å². The Morgan fingerprint density at radius 2 is 2.06 bits per heavy atom. The second kappa shape index (κ2) is 5.47. The predicted molar refractivity (Wildman–Crippen MR) is 72.2 cm³/mol. The lowest BCUT2D eigenvalue weighted by Gasteiger charge is -2.01. The molecule has 0 saturated carbocycles. The van der Waals surface area contributed by atoms with E-state index in [1.807, 2.05) is 23.1 Å². The summed E-state index contributed by atoms with van der Waals surface area (Å²) in [5.74, 6) is 0. The van der Waals surface area contributed by atoms with Crippen molar-refractivity contribution in [2.75, 3.05) is 0 Å². The Morgan fingerprint density at radius 1 is 1.29 bits per heavy atom. The van der Waals surface area contributed by atoms with Gasteiger partial charge >= 0.3 is 0 Å². The largest absolute Gasteiger partial charge is 0.308 e. The Labute approximate surface area is 106 Å². The van der Waals surface area contributed by atoms with Gasteiger partial charge in [0.2, 0.25) is 0 Å². The van der Waals surface area contributed by atoms with Crippen LogP contribution in [0, 0.1) is 6.92 Å². The fraction of sp³-hybridized carbons (Fsp3) is 0.462. The van der Waals surface area contributed by atoms with Crippen molar-refractivity contribution < 1.29 is 0 Å². The van der Waals surface area contributed by atoms with Crippen LogP contribution in [0.3, 0.4) is 0 Å². The van der Waals surface area contributed by atoms with Crippen molar-refractivity contribution in [3.63, 3.8) is 0 Å². The lowest BCUT2D eigenvalue weighted by atomic mass is 10.2. The predicted octanol–water partition coefficient (Wildman–Crippen LogP) is 2.64. The fourth-order valence-electron chi connectivity index (χ4n) is 1.85. The molecule has 0 atom stereocenters. The molecule has 0 saturated heterocycles. The lowest BCUT2D eigenvalue weighted by Crippen LogP contribution is -2.11. The van der Waals surface area contributed by atoms with Gasteiger partial charge in [-0.3, -0.25) is 4.68 Å². The third kappa shape index (κ3) is 3.17. The smallest absolute Gasteiger partial charge is 0.0638 e. The topological polar surface area (TPSA) is 29.9 Å². The molecule has 0 radical (unpaired) electrons. The zero-order valence-corrected chi connectivity index (χ0v) is 11.5. The van der Waals surface area contributed by atoms with Gasteiger partial charge in [0.05, 0.1) is 5.69 Å². The molecule has 3 nitrogen and oxygen atoms in total. The van der Waals surface area contributed by atoms with Crippen LogP contribution in [-0.2, 0) is 26.6 Å². The van der Waals surface area contributed by atoms with Crippen LogP contribution in [0.4, 0.5) is 0 Å². The molecular formula is C13H19N3S. The van der Waals surface area contributed by atoms with Crippen molar-refractivity contribution in [1.82, 2.24) is 15.1 Å². The van der Waals surface area contributed by atoms with E-state index in [-0.39, 0.29) is 0 Å². The van der Waals surface area contributed by atoms with Gasteiger partial charge in [0.1, 0.15) is 0 Å². The van der Waals surface area contributed by atoms with E-state index in [2.05, 4.69) is 42.6 Å². The average Bonchev–Trinajstić information content (AvgIpc) is 2.86. The van der Waals surface area contributed by atoms with Gasteiger partial charge in [-0.2, -0.15) is 5.10 Å². The molecule has 17 heavy (non-hydrogen) atoms. The van der Waals surface area contributed by atoms with Gasteiger partial charge in [0.15, 0.2) is 0 Å². The third-order valence-corrected chi connectivity index (χ3v) is 4.03. The maximum Gasteiger partial charge on any atom is 0.0638 e. The summed E-state index contributed by atoms with van der Waals surface area (Å²) in [5, 5.41) is 7.80. The van der Waals surface area contributed by atoms with Crippen molar-refractivity contribution in [3.05, 3.63) is 39.3 Å². The number of thiophene rings is 1. The summed E-state index contributed by atoms with van der Waals surface area (Å²) in [6.07, 6.45) is 3.21. The van der Waals surface area contributed by atoms with Gasteiger partial charge in [-0.25, -0.2) is 0 Å². The molecule has 0 spiro atoms. The molecular weight excluding hydrogens is 230 g/mol. The number of hydrogen-bond acceptors (Lipinski definition) is 3. The Hall–Kier alpha value is -1.13. The summed E-state index contributed by atoms with van der Waals surface area (Å²) in [6.45, 7) is 6.08.